The molecule has 1 unspecified atom stereocenters. The van der Waals surface area contributed by atoms with E-state index in [1.165, 1.54) is 33.6 Å². The van der Waals surface area contributed by atoms with Crippen LogP contribution in [0.3, 0.4) is 0 Å². The molecule has 3 N–H and O–H groups in total. The van der Waals surface area contributed by atoms with Crippen molar-refractivity contribution in [1.29, 1.82) is 0 Å². The molecule has 0 radical (unpaired) electrons. The maximum absolute atomic E-state index is 12.3. The highest BCUT2D eigenvalue weighted by molar-refractivity contribution is 14.1. The van der Waals surface area contributed by atoms with Crippen LogP contribution in [0.2, 0.25) is 0 Å². The Morgan fingerprint density at radius 3 is 2.35 bits per heavy atom. The summed E-state index contributed by atoms with van der Waals surface area (Å²) in [6.45, 7) is 2.72. The van der Waals surface area contributed by atoms with E-state index in [2.05, 4.69) is 38.5 Å². The summed E-state index contributed by atoms with van der Waals surface area (Å²) in [5.74, 6) is 4.38. The third kappa shape index (κ3) is 10.3. The van der Waals surface area contributed by atoms with E-state index in [9.17, 15) is 22.8 Å². The number of aryl methyl sites for hydroxylation is 1. The Balaban J connectivity index is 0.000000286. The second-order valence-corrected chi connectivity index (χ2v) is 9.41. The fourth-order valence-corrected chi connectivity index (χ4v) is 5.04. The molecule has 1 atom stereocenters. The Hall–Kier alpha value is -1.66. The van der Waals surface area contributed by atoms with Gasteiger partial charge in [-0.3, -0.25) is 14.6 Å². The Labute approximate surface area is 220 Å². The maximum atomic E-state index is 12.3. The molecule has 1 saturated heterocycles. The fraction of sp³-hybridized carbons (Fsp3) is 0.417. The first-order chi connectivity index (χ1) is 16.0. The van der Waals surface area contributed by atoms with E-state index in [1.807, 2.05) is 31.2 Å². The number of rotatable bonds is 5. The predicted octanol–water partition coefficient (Wildman–Crippen LogP) is 6.11. The van der Waals surface area contributed by atoms with E-state index in [1.54, 1.807) is 0 Å². The number of halogens is 5. The first kappa shape index (κ1) is 30.4. The van der Waals surface area contributed by atoms with E-state index < -0.39 is 24.1 Å². The van der Waals surface area contributed by atoms with Crippen molar-refractivity contribution in [2.24, 2.45) is 5.84 Å². The molecular formula is C24H29BrF3IN2O3. The highest BCUT2D eigenvalue weighted by Crippen LogP contribution is 2.32. The number of piperidine rings is 1. The first-order valence-electron chi connectivity index (χ1n) is 10.6. The Bertz CT molecular complexity index is 926. The smallest absolute Gasteiger partial charge is 0.416 e. The lowest BCUT2D eigenvalue weighted by molar-refractivity contribution is -0.140. The van der Waals surface area contributed by atoms with Gasteiger partial charge in [0.2, 0.25) is 5.91 Å². The molecule has 34 heavy (non-hydrogen) atoms. The monoisotopic (exact) mass is 656 g/mol. The van der Waals surface area contributed by atoms with Gasteiger partial charge in [0, 0.05) is 16.3 Å². The van der Waals surface area contributed by atoms with Crippen LogP contribution >= 0.6 is 38.5 Å². The number of hydrogen-bond acceptors (Lipinski definition) is 3. The molecule has 1 fully saturated rings. The molecular weight excluding hydrogens is 628 g/mol. The summed E-state index contributed by atoms with van der Waals surface area (Å²) in [4.78, 5) is 22.2. The average Bonchev–Trinajstić information content (AvgIpc) is 2.77. The molecule has 0 saturated carbocycles. The second-order valence-electron chi connectivity index (χ2n) is 7.54. The number of carbonyl (C=O) groups excluding carboxylic acids is 1. The number of nitrogens with zero attached hydrogens (tertiary/aromatic N) is 1. The molecule has 10 heteroatoms. The standard InChI is InChI=1S/C12H16N2O.C9H7F3O2.C3H6BrI/c1-9-5-2-3-6-10(9)11-7-4-8-14(13)12(11)15;10-9(11,12)7-4-2-1-3-6(7)5-8(13)14;4-2-1-3-5/h2-3,5-6,11H,4,7-8,13H2,1H3;1-4H,5H2,(H,13,14);1-3H2. The van der Waals surface area contributed by atoms with E-state index in [0.717, 1.165) is 35.9 Å². The number of aliphatic carboxylic acids is 1. The van der Waals surface area contributed by atoms with Gasteiger partial charge >= 0.3 is 12.1 Å². The number of alkyl halides is 5. The van der Waals surface area contributed by atoms with Crippen molar-refractivity contribution < 1.29 is 27.9 Å². The van der Waals surface area contributed by atoms with Gasteiger partial charge in [0.1, 0.15) is 0 Å². The number of nitrogens with two attached hydrogens (primary N) is 1. The van der Waals surface area contributed by atoms with Gasteiger partial charge in [-0.2, -0.15) is 13.2 Å². The highest BCUT2D eigenvalue weighted by Gasteiger charge is 2.33. The zero-order chi connectivity index (χ0) is 25.7. The maximum Gasteiger partial charge on any atom is 0.416 e. The number of hydrogen-bond donors (Lipinski definition) is 2. The number of carboxylic acids is 1. The quantitative estimate of drug-likeness (QED) is 0.176. The summed E-state index contributed by atoms with van der Waals surface area (Å²) in [6, 6.07) is 12.7. The molecule has 1 amide bonds. The van der Waals surface area contributed by atoms with Gasteiger partial charge in [0.15, 0.2) is 0 Å². The Kier molecular flexibility index (Phi) is 13.7. The molecule has 188 valence electrons. The van der Waals surface area contributed by atoms with Crippen LogP contribution in [0.4, 0.5) is 13.2 Å². The first-order valence-corrected chi connectivity index (χ1v) is 13.3. The number of hydrazine groups is 1. The van der Waals surface area contributed by atoms with Crippen molar-refractivity contribution in [3.63, 3.8) is 0 Å². The van der Waals surface area contributed by atoms with Gasteiger partial charge in [-0.25, -0.2) is 5.84 Å². The number of carbonyl (C=O) groups is 2. The zero-order valence-electron chi connectivity index (χ0n) is 18.8. The molecule has 1 heterocycles. The summed E-state index contributed by atoms with van der Waals surface area (Å²) >= 11 is 5.66. The summed E-state index contributed by atoms with van der Waals surface area (Å²) in [7, 11) is 0. The molecule has 1 aliphatic heterocycles. The highest BCUT2D eigenvalue weighted by atomic mass is 127. The fourth-order valence-electron chi connectivity index (χ4n) is 3.33. The van der Waals surface area contributed by atoms with Crippen molar-refractivity contribution in [2.75, 3.05) is 16.3 Å². The molecule has 2 aromatic carbocycles. The largest absolute Gasteiger partial charge is 0.481 e. The number of carboxylic acid groups (broad SMARTS) is 1. The molecule has 3 rings (SSSR count). The van der Waals surface area contributed by atoms with E-state index >= 15 is 0 Å². The van der Waals surface area contributed by atoms with Crippen LogP contribution in [-0.2, 0) is 22.2 Å². The second kappa shape index (κ2) is 15.4. The Morgan fingerprint density at radius 2 is 1.82 bits per heavy atom. The van der Waals surface area contributed by atoms with E-state index in [4.69, 9.17) is 10.9 Å². The van der Waals surface area contributed by atoms with Crippen LogP contribution in [0.5, 0.6) is 0 Å². The Morgan fingerprint density at radius 1 is 1.21 bits per heavy atom. The predicted molar refractivity (Wildman–Crippen MR) is 139 cm³/mol. The van der Waals surface area contributed by atoms with E-state index in [-0.39, 0.29) is 17.4 Å². The summed E-state index contributed by atoms with van der Waals surface area (Å²) in [6.07, 6.45) is -1.92. The minimum absolute atomic E-state index is 0.0371. The van der Waals surface area contributed by atoms with E-state index in [0.29, 0.717) is 6.54 Å². The summed E-state index contributed by atoms with van der Waals surface area (Å²) < 4.78 is 38.2. The minimum atomic E-state index is -4.49. The van der Waals surface area contributed by atoms with Crippen LogP contribution in [0, 0.1) is 6.92 Å². The molecule has 5 nitrogen and oxygen atoms in total. The van der Waals surface area contributed by atoms with Crippen LogP contribution in [-0.4, -0.2) is 38.3 Å². The number of amides is 1. The van der Waals surface area contributed by atoms with Crippen molar-refractivity contribution in [3.05, 3.63) is 70.8 Å². The van der Waals surface area contributed by atoms with Crippen molar-refractivity contribution in [2.45, 2.75) is 44.7 Å². The topological polar surface area (TPSA) is 83.6 Å². The van der Waals surface area contributed by atoms with Gasteiger partial charge in [-0.1, -0.05) is 81.0 Å². The van der Waals surface area contributed by atoms with Crippen LogP contribution in [0.25, 0.3) is 0 Å². The lowest BCUT2D eigenvalue weighted by Gasteiger charge is -2.29. The summed E-state index contributed by atoms with van der Waals surface area (Å²) in [5.41, 5.74) is 1.19. The van der Waals surface area contributed by atoms with Gasteiger partial charge in [-0.15, -0.1) is 0 Å². The van der Waals surface area contributed by atoms with Crippen LogP contribution in [0.1, 0.15) is 47.4 Å². The third-order valence-electron chi connectivity index (χ3n) is 4.97. The van der Waals surface area contributed by atoms with Crippen LogP contribution in [0.15, 0.2) is 48.5 Å². The lowest BCUT2D eigenvalue weighted by Crippen LogP contribution is -2.44. The number of benzene rings is 2. The molecule has 0 bridgehead atoms. The minimum Gasteiger partial charge on any atom is -0.481 e. The molecule has 0 spiro atoms. The normalized spacial score (nSPS) is 15.6. The van der Waals surface area contributed by atoms with Gasteiger partial charge < -0.3 is 5.11 Å². The average molecular weight is 657 g/mol. The van der Waals surface area contributed by atoms with Crippen molar-refractivity contribution in [1.82, 2.24) is 5.01 Å². The molecule has 2 aromatic rings. The van der Waals surface area contributed by atoms with Crippen molar-refractivity contribution >= 4 is 50.4 Å². The SMILES string of the molecule is BrCCCI.Cc1ccccc1C1CCCN(N)C1=O.O=C(O)Cc1ccccc1C(F)(F)F. The third-order valence-corrected chi connectivity index (χ3v) is 6.29. The van der Waals surface area contributed by atoms with Gasteiger partial charge in [0.25, 0.3) is 0 Å². The molecule has 1 aliphatic rings. The van der Waals surface area contributed by atoms with Crippen LogP contribution < -0.4 is 5.84 Å². The summed E-state index contributed by atoms with van der Waals surface area (Å²) in [5, 5.41) is 10.9. The van der Waals surface area contributed by atoms with Gasteiger partial charge in [-0.05, 0) is 48.9 Å². The van der Waals surface area contributed by atoms with Crippen molar-refractivity contribution in [3.8, 4) is 0 Å². The molecule has 0 aliphatic carbocycles. The lowest BCUT2D eigenvalue weighted by atomic mass is 9.88. The molecule has 0 aromatic heterocycles. The van der Waals surface area contributed by atoms with Gasteiger partial charge in [0.05, 0.1) is 17.9 Å². The zero-order valence-corrected chi connectivity index (χ0v) is 22.6.